The third-order valence-corrected chi connectivity index (χ3v) is 6.67. The SMILES string of the molecule is CC(=O)NCCSNC1CCc2c(-c3cn[nH]c3)c3ccc(Cl)c(Cl)c3n2C1. The molecule has 0 saturated heterocycles. The van der Waals surface area contributed by atoms with Crippen LogP contribution in [0.1, 0.15) is 19.0 Å². The molecule has 1 atom stereocenters. The number of nitrogens with zero attached hydrogens (tertiary/aromatic N) is 2. The molecule has 0 aliphatic carbocycles. The van der Waals surface area contributed by atoms with Crippen LogP contribution >= 0.6 is 35.1 Å². The minimum Gasteiger partial charge on any atom is -0.355 e. The summed E-state index contributed by atoms with van der Waals surface area (Å²) in [6.07, 6.45) is 5.73. The molecule has 1 aromatic carbocycles. The monoisotopic (exact) mass is 437 g/mol. The van der Waals surface area contributed by atoms with Gasteiger partial charge in [-0.2, -0.15) is 5.10 Å². The molecule has 0 fully saturated rings. The van der Waals surface area contributed by atoms with Crippen molar-refractivity contribution in [3.63, 3.8) is 0 Å². The van der Waals surface area contributed by atoms with Gasteiger partial charge in [0.15, 0.2) is 0 Å². The van der Waals surface area contributed by atoms with Crippen LogP contribution in [-0.4, -0.2) is 39.0 Å². The summed E-state index contributed by atoms with van der Waals surface area (Å²) in [5.41, 5.74) is 4.49. The van der Waals surface area contributed by atoms with E-state index in [1.807, 2.05) is 24.5 Å². The zero-order chi connectivity index (χ0) is 19.7. The molecule has 3 N–H and O–H groups in total. The van der Waals surface area contributed by atoms with E-state index >= 15 is 0 Å². The highest BCUT2D eigenvalue weighted by molar-refractivity contribution is 7.97. The number of benzene rings is 1. The lowest BCUT2D eigenvalue weighted by Crippen LogP contribution is -2.34. The first-order valence-electron chi connectivity index (χ1n) is 9.16. The number of carbonyl (C=O) groups excluding carboxylic acids is 1. The first-order chi connectivity index (χ1) is 13.6. The number of hydrogen-bond donors (Lipinski definition) is 3. The van der Waals surface area contributed by atoms with Crippen molar-refractivity contribution in [2.75, 3.05) is 12.3 Å². The molecule has 0 spiro atoms. The van der Waals surface area contributed by atoms with Gasteiger partial charge < -0.3 is 9.88 Å². The van der Waals surface area contributed by atoms with Crippen molar-refractivity contribution in [3.8, 4) is 11.1 Å². The van der Waals surface area contributed by atoms with Gasteiger partial charge in [0.05, 0.1) is 21.8 Å². The number of carbonyl (C=O) groups is 1. The first-order valence-corrected chi connectivity index (χ1v) is 10.9. The third-order valence-electron chi connectivity index (χ3n) is 4.97. The molecule has 2 aromatic heterocycles. The lowest BCUT2D eigenvalue weighted by atomic mass is 9.99. The van der Waals surface area contributed by atoms with Gasteiger partial charge in [0.2, 0.25) is 5.91 Å². The van der Waals surface area contributed by atoms with Gasteiger partial charge in [0, 0.05) is 60.2 Å². The minimum absolute atomic E-state index is 0.0000146. The Balaban J connectivity index is 1.61. The second-order valence-corrected chi connectivity index (χ2v) is 8.58. The van der Waals surface area contributed by atoms with Crippen LogP contribution in [0.4, 0.5) is 0 Å². The Morgan fingerprint density at radius 1 is 1.43 bits per heavy atom. The van der Waals surface area contributed by atoms with E-state index in [1.54, 1.807) is 11.9 Å². The summed E-state index contributed by atoms with van der Waals surface area (Å²) < 4.78 is 5.82. The van der Waals surface area contributed by atoms with Crippen molar-refractivity contribution in [1.82, 2.24) is 24.8 Å². The van der Waals surface area contributed by atoms with Crippen LogP contribution in [0.25, 0.3) is 22.0 Å². The fourth-order valence-corrected chi connectivity index (χ4v) is 4.95. The molecule has 4 rings (SSSR count). The predicted molar refractivity (Wildman–Crippen MR) is 116 cm³/mol. The average Bonchev–Trinajstić information content (AvgIpc) is 3.29. The predicted octanol–water partition coefficient (Wildman–Crippen LogP) is 4.03. The van der Waals surface area contributed by atoms with Crippen molar-refractivity contribution in [1.29, 1.82) is 0 Å². The fraction of sp³-hybridized carbons (Fsp3) is 0.368. The number of nitrogens with one attached hydrogen (secondary N) is 3. The van der Waals surface area contributed by atoms with Crippen molar-refractivity contribution in [3.05, 3.63) is 40.3 Å². The van der Waals surface area contributed by atoms with Crippen molar-refractivity contribution >= 4 is 52.0 Å². The summed E-state index contributed by atoms with van der Waals surface area (Å²) in [5.74, 6) is 0.822. The highest BCUT2D eigenvalue weighted by atomic mass is 35.5. The molecular weight excluding hydrogens is 417 g/mol. The molecule has 28 heavy (non-hydrogen) atoms. The number of aromatic nitrogens is 3. The van der Waals surface area contributed by atoms with E-state index in [2.05, 4.69) is 24.8 Å². The Bertz CT molecular complexity index is 1000. The Morgan fingerprint density at radius 3 is 3.04 bits per heavy atom. The van der Waals surface area contributed by atoms with E-state index in [4.69, 9.17) is 23.2 Å². The standard InChI is InChI=1S/C19H21Cl2N5OS/c1-11(27)22-6-7-28-25-13-2-5-16-17(12-8-23-24-9-12)14-3-4-15(20)18(21)19(14)26(16)10-13/h3-4,8-9,13,25H,2,5-7,10H2,1H3,(H,22,27)(H,23,24). The highest BCUT2D eigenvalue weighted by Gasteiger charge is 2.27. The summed E-state index contributed by atoms with van der Waals surface area (Å²) in [6.45, 7) is 3.00. The molecule has 1 amide bonds. The Hall–Kier alpha value is -1.67. The lowest BCUT2D eigenvalue weighted by molar-refractivity contribution is -0.118. The molecule has 148 valence electrons. The van der Waals surface area contributed by atoms with Crippen LogP contribution in [0.3, 0.4) is 0 Å². The van der Waals surface area contributed by atoms with Gasteiger partial charge in [-0.05, 0) is 18.9 Å². The largest absolute Gasteiger partial charge is 0.355 e. The van der Waals surface area contributed by atoms with Crippen LogP contribution in [0.5, 0.6) is 0 Å². The molecule has 1 aliphatic heterocycles. The maximum absolute atomic E-state index is 11.0. The zero-order valence-corrected chi connectivity index (χ0v) is 17.7. The van der Waals surface area contributed by atoms with Crippen LogP contribution in [0.15, 0.2) is 24.5 Å². The summed E-state index contributed by atoms with van der Waals surface area (Å²) >= 11 is 14.6. The fourth-order valence-electron chi connectivity index (χ4n) is 3.78. The van der Waals surface area contributed by atoms with E-state index in [9.17, 15) is 4.79 Å². The highest BCUT2D eigenvalue weighted by Crippen LogP contribution is 2.42. The van der Waals surface area contributed by atoms with E-state index in [0.29, 0.717) is 22.6 Å². The number of H-pyrrole nitrogens is 1. The van der Waals surface area contributed by atoms with Crippen molar-refractivity contribution in [2.24, 2.45) is 0 Å². The summed E-state index contributed by atoms with van der Waals surface area (Å²) in [6, 6.07) is 4.22. The molecular formula is C19H21Cl2N5OS. The number of amides is 1. The summed E-state index contributed by atoms with van der Waals surface area (Å²) in [4.78, 5) is 11.0. The van der Waals surface area contributed by atoms with Gasteiger partial charge in [0.1, 0.15) is 0 Å². The maximum Gasteiger partial charge on any atom is 0.216 e. The van der Waals surface area contributed by atoms with Crippen LogP contribution in [0, 0.1) is 0 Å². The summed E-state index contributed by atoms with van der Waals surface area (Å²) in [7, 11) is 0. The molecule has 0 bridgehead atoms. The number of hydrogen-bond acceptors (Lipinski definition) is 4. The Morgan fingerprint density at radius 2 is 2.29 bits per heavy atom. The minimum atomic E-state index is 0.0000146. The van der Waals surface area contributed by atoms with E-state index < -0.39 is 0 Å². The second kappa shape index (κ2) is 8.37. The van der Waals surface area contributed by atoms with Gasteiger partial charge in [-0.25, -0.2) is 0 Å². The van der Waals surface area contributed by atoms with E-state index in [0.717, 1.165) is 41.6 Å². The molecule has 6 nitrogen and oxygen atoms in total. The molecule has 0 radical (unpaired) electrons. The smallest absolute Gasteiger partial charge is 0.216 e. The van der Waals surface area contributed by atoms with Crippen LogP contribution < -0.4 is 10.0 Å². The normalized spacial score (nSPS) is 16.3. The molecule has 9 heteroatoms. The number of aromatic amines is 1. The van der Waals surface area contributed by atoms with Crippen molar-refractivity contribution in [2.45, 2.75) is 32.4 Å². The summed E-state index contributed by atoms with van der Waals surface area (Å²) in [5, 5.41) is 12.1. The third kappa shape index (κ3) is 3.76. The zero-order valence-electron chi connectivity index (χ0n) is 15.4. The van der Waals surface area contributed by atoms with E-state index in [-0.39, 0.29) is 5.91 Å². The molecule has 0 saturated carbocycles. The van der Waals surface area contributed by atoms with Gasteiger partial charge in [-0.3, -0.25) is 14.6 Å². The Kier molecular flexibility index (Phi) is 5.87. The van der Waals surface area contributed by atoms with Crippen LogP contribution in [0.2, 0.25) is 10.0 Å². The second-order valence-electron chi connectivity index (χ2n) is 6.86. The van der Waals surface area contributed by atoms with Crippen LogP contribution in [-0.2, 0) is 17.8 Å². The maximum atomic E-state index is 11.0. The molecule has 3 aromatic rings. The van der Waals surface area contributed by atoms with Gasteiger partial charge in [-0.15, -0.1) is 0 Å². The Labute approximate surface area is 177 Å². The van der Waals surface area contributed by atoms with Gasteiger partial charge >= 0.3 is 0 Å². The topological polar surface area (TPSA) is 74.7 Å². The molecule has 1 unspecified atom stereocenters. The average molecular weight is 438 g/mol. The number of fused-ring (bicyclic) bond motifs is 3. The number of halogens is 2. The molecule has 1 aliphatic rings. The first kappa shape index (κ1) is 19.6. The van der Waals surface area contributed by atoms with Crippen molar-refractivity contribution < 1.29 is 4.79 Å². The number of rotatable bonds is 6. The van der Waals surface area contributed by atoms with Gasteiger partial charge in [0.25, 0.3) is 0 Å². The van der Waals surface area contributed by atoms with Gasteiger partial charge in [-0.1, -0.05) is 41.2 Å². The van der Waals surface area contributed by atoms with E-state index in [1.165, 1.54) is 18.2 Å². The quantitative estimate of drug-likeness (QED) is 0.401. The molecule has 3 heterocycles. The lowest BCUT2D eigenvalue weighted by Gasteiger charge is -2.26.